The Bertz CT molecular complexity index is 522. The Morgan fingerprint density at radius 1 is 1.52 bits per heavy atom. The van der Waals surface area contributed by atoms with Crippen LogP contribution in [0.1, 0.15) is 54.5 Å². The van der Waals surface area contributed by atoms with Crippen molar-refractivity contribution in [1.29, 1.82) is 0 Å². The maximum Gasteiger partial charge on any atom is 0.265 e. The van der Waals surface area contributed by atoms with Crippen LogP contribution in [0, 0.1) is 18.3 Å². The first kappa shape index (κ1) is 16.4. The number of hydrogen-bond donors (Lipinski definition) is 1. The molecule has 0 spiro atoms. The minimum atomic E-state index is -0.0220. The average molecular weight is 309 g/mol. The lowest BCUT2D eigenvalue weighted by Crippen LogP contribution is -2.54. The Labute approximate surface area is 131 Å². The summed E-state index contributed by atoms with van der Waals surface area (Å²) in [7, 11) is 0. The molecule has 21 heavy (non-hydrogen) atoms. The van der Waals surface area contributed by atoms with Gasteiger partial charge in [0.1, 0.15) is 4.88 Å². The van der Waals surface area contributed by atoms with Gasteiger partial charge in [0.2, 0.25) is 0 Å². The van der Waals surface area contributed by atoms with Crippen molar-refractivity contribution in [3.63, 3.8) is 0 Å². The first-order valence-electron chi connectivity index (χ1n) is 7.72. The van der Waals surface area contributed by atoms with E-state index in [9.17, 15) is 4.79 Å². The molecule has 1 unspecified atom stereocenters. The number of piperidine rings is 1. The Morgan fingerprint density at radius 3 is 2.76 bits per heavy atom. The van der Waals surface area contributed by atoms with Crippen molar-refractivity contribution in [2.75, 3.05) is 13.1 Å². The molecule has 0 radical (unpaired) electrons. The van der Waals surface area contributed by atoms with Gasteiger partial charge in [-0.3, -0.25) is 4.79 Å². The lowest BCUT2D eigenvalue weighted by molar-refractivity contribution is 0.0536. The summed E-state index contributed by atoms with van der Waals surface area (Å²) in [5, 5.41) is 0.974. The van der Waals surface area contributed by atoms with Crippen LogP contribution in [-0.4, -0.2) is 34.9 Å². The van der Waals surface area contributed by atoms with Crippen LogP contribution in [0.2, 0.25) is 0 Å². The van der Waals surface area contributed by atoms with Gasteiger partial charge in [-0.15, -0.1) is 11.3 Å². The van der Waals surface area contributed by atoms with Gasteiger partial charge in [-0.25, -0.2) is 4.98 Å². The van der Waals surface area contributed by atoms with E-state index in [4.69, 9.17) is 5.73 Å². The third-order valence-corrected chi connectivity index (χ3v) is 5.20. The monoisotopic (exact) mass is 309 g/mol. The maximum absolute atomic E-state index is 12.9. The number of amides is 1. The highest BCUT2D eigenvalue weighted by Crippen LogP contribution is 2.30. The molecule has 5 heteroatoms. The van der Waals surface area contributed by atoms with E-state index in [1.54, 1.807) is 0 Å². The summed E-state index contributed by atoms with van der Waals surface area (Å²) < 4.78 is 0. The highest BCUT2D eigenvalue weighted by atomic mass is 32.1. The van der Waals surface area contributed by atoms with E-state index in [1.165, 1.54) is 11.3 Å². The molecule has 1 amide bonds. The number of carbonyl (C=O) groups excluding carboxylic acids is 1. The quantitative estimate of drug-likeness (QED) is 0.934. The van der Waals surface area contributed by atoms with E-state index in [0.29, 0.717) is 5.92 Å². The molecule has 1 aliphatic heterocycles. The van der Waals surface area contributed by atoms with Crippen molar-refractivity contribution in [3.05, 3.63) is 15.6 Å². The summed E-state index contributed by atoms with van der Waals surface area (Å²) in [5.41, 5.74) is 7.11. The van der Waals surface area contributed by atoms with Crippen LogP contribution in [0.15, 0.2) is 0 Å². The summed E-state index contributed by atoms with van der Waals surface area (Å²) in [6.07, 6.45) is 1.73. The number of hydrogen-bond acceptors (Lipinski definition) is 4. The molecule has 1 fully saturated rings. The third-order valence-electron chi connectivity index (χ3n) is 4.20. The van der Waals surface area contributed by atoms with Crippen molar-refractivity contribution in [2.24, 2.45) is 17.1 Å². The van der Waals surface area contributed by atoms with Crippen molar-refractivity contribution < 1.29 is 4.79 Å². The second kappa shape index (κ2) is 6.05. The summed E-state index contributed by atoms with van der Waals surface area (Å²) >= 11 is 1.53. The number of aromatic nitrogens is 1. The Hall–Kier alpha value is -0.940. The van der Waals surface area contributed by atoms with Gasteiger partial charge in [-0.1, -0.05) is 27.7 Å². The van der Waals surface area contributed by atoms with Gasteiger partial charge in [-0.05, 0) is 31.1 Å². The van der Waals surface area contributed by atoms with Gasteiger partial charge >= 0.3 is 0 Å². The molecule has 1 aromatic heterocycles. The molecule has 2 N–H and O–H groups in total. The highest BCUT2D eigenvalue weighted by Gasteiger charge is 2.36. The Morgan fingerprint density at radius 2 is 2.19 bits per heavy atom. The largest absolute Gasteiger partial charge is 0.337 e. The predicted molar refractivity (Wildman–Crippen MR) is 87.7 cm³/mol. The number of carbonyl (C=O) groups is 1. The van der Waals surface area contributed by atoms with Crippen molar-refractivity contribution in [2.45, 2.75) is 53.5 Å². The minimum absolute atomic E-state index is 0.0220. The zero-order chi connectivity index (χ0) is 15.8. The molecule has 1 atom stereocenters. The molecular formula is C16H27N3OS. The molecule has 2 rings (SSSR count). The number of likely N-dealkylation sites (tertiary alicyclic amines) is 1. The molecule has 0 saturated carbocycles. The Kier molecular flexibility index (Phi) is 4.73. The van der Waals surface area contributed by atoms with Crippen LogP contribution in [0.5, 0.6) is 0 Å². The van der Waals surface area contributed by atoms with E-state index >= 15 is 0 Å². The van der Waals surface area contributed by atoms with Crippen LogP contribution in [0.25, 0.3) is 0 Å². The van der Waals surface area contributed by atoms with Gasteiger partial charge in [0, 0.05) is 19.1 Å². The van der Waals surface area contributed by atoms with E-state index < -0.39 is 0 Å². The predicted octanol–water partition coefficient (Wildman–Crippen LogP) is 2.85. The summed E-state index contributed by atoms with van der Waals surface area (Å²) in [6.45, 7) is 12.1. The molecule has 1 aliphatic rings. The molecule has 0 bridgehead atoms. The maximum atomic E-state index is 12.9. The molecule has 118 valence electrons. The lowest BCUT2D eigenvalue weighted by atomic mass is 9.79. The zero-order valence-electron chi connectivity index (χ0n) is 13.8. The Balaban J connectivity index is 2.20. The number of thiazole rings is 1. The first-order valence-corrected chi connectivity index (χ1v) is 8.53. The van der Waals surface area contributed by atoms with Crippen LogP contribution in [0.3, 0.4) is 0 Å². The van der Waals surface area contributed by atoms with Crippen LogP contribution in [-0.2, 0) is 6.42 Å². The second-order valence-corrected chi connectivity index (χ2v) is 8.42. The first-order chi connectivity index (χ1) is 9.70. The van der Waals surface area contributed by atoms with Crippen LogP contribution < -0.4 is 5.73 Å². The van der Waals surface area contributed by atoms with Gasteiger partial charge in [0.25, 0.3) is 5.91 Å². The van der Waals surface area contributed by atoms with Gasteiger partial charge in [0.15, 0.2) is 0 Å². The summed E-state index contributed by atoms with van der Waals surface area (Å²) in [6, 6.07) is 0.167. The fourth-order valence-electron chi connectivity index (χ4n) is 2.85. The molecule has 0 aliphatic carbocycles. The molecule has 1 saturated heterocycles. The second-order valence-electron chi connectivity index (χ2n) is 7.22. The van der Waals surface area contributed by atoms with Crippen molar-refractivity contribution in [3.8, 4) is 0 Å². The average Bonchev–Trinajstić information content (AvgIpc) is 2.71. The molecular weight excluding hydrogens is 282 g/mol. The summed E-state index contributed by atoms with van der Waals surface area (Å²) in [4.78, 5) is 20.2. The normalized spacial score (nSPS) is 21.9. The van der Waals surface area contributed by atoms with Crippen molar-refractivity contribution >= 4 is 17.2 Å². The van der Waals surface area contributed by atoms with E-state index in [-0.39, 0.29) is 17.4 Å². The SMILES string of the molecule is Cc1nc(CC(C)C)c(C(=O)N2CCC(N)C(C)(C)C2)s1. The van der Waals surface area contributed by atoms with Crippen molar-refractivity contribution in [1.82, 2.24) is 9.88 Å². The zero-order valence-corrected chi connectivity index (χ0v) is 14.6. The molecule has 2 heterocycles. The van der Waals surface area contributed by atoms with Crippen LogP contribution >= 0.6 is 11.3 Å². The molecule has 1 aromatic rings. The van der Waals surface area contributed by atoms with Crippen LogP contribution in [0.4, 0.5) is 0 Å². The van der Waals surface area contributed by atoms with E-state index in [1.807, 2.05) is 11.8 Å². The molecule has 4 nitrogen and oxygen atoms in total. The van der Waals surface area contributed by atoms with E-state index in [0.717, 1.165) is 41.5 Å². The third kappa shape index (κ3) is 3.64. The van der Waals surface area contributed by atoms with Gasteiger partial charge in [0.05, 0.1) is 10.7 Å². The number of aryl methyl sites for hydroxylation is 1. The number of nitrogens with zero attached hydrogens (tertiary/aromatic N) is 2. The highest BCUT2D eigenvalue weighted by molar-refractivity contribution is 7.13. The smallest absolute Gasteiger partial charge is 0.265 e. The topological polar surface area (TPSA) is 59.2 Å². The standard InChI is InChI=1S/C16H27N3OS/c1-10(2)8-12-14(21-11(3)18-12)15(20)19-7-6-13(17)16(4,5)9-19/h10,13H,6-9,17H2,1-5H3. The van der Waals surface area contributed by atoms with Gasteiger partial charge in [-0.2, -0.15) is 0 Å². The lowest BCUT2D eigenvalue weighted by Gasteiger charge is -2.42. The fourth-order valence-corrected chi connectivity index (χ4v) is 3.77. The van der Waals surface area contributed by atoms with E-state index in [2.05, 4.69) is 32.7 Å². The number of rotatable bonds is 3. The fraction of sp³-hybridized carbons (Fsp3) is 0.750. The molecule has 0 aromatic carbocycles. The summed E-state index contributed by atoms with van der Waals surface area (Å²) in [5.74, 6) is 0.639. The van der Waals surface area contributed by atoms with Gasteiger partial charge < -0.3 is 10.6 Å². The minimum Gasteiger partial charge on any atom is -0.337 e. The number of nitrogens with two attached hydrogens (primary N) is 1.